The van der Waals surface area contributed by atoms with Crippen molar-refractivity contribution < 1.29 is 4.42 Å². The Morgan fingerprint density at radius 1 is 0.397 bits per heavy atom. The number of benzene rings is 8. The SMILES string of the molecule is c1ccc(-c2cc(-c3ccc(-c4nc5ccccc5c5c4oc4ccccc45)c4ccccc34)nc(-c3ccc(-n4c5ccccc5c5ccccc54)cc3)n2)cc1. The van der Waals surface area contributed by atoms with Crippen molar-refractivity contribution in [2.45, 2.75) is 0 Å². The van der Waals surface area contributed by atoms with Gasteiger partial charge in [-0.05, 0) is 65.4 Å². The van der Waals surface area contributed by atoms with E-state index < -0.39 is 0 Å². The zero-order valence-electron chi connectivity index (χ0n) is 31.2. The Hall–Kier alpha value is -7.89. The van der Waals surface area contributed by atoms with Gasteiger partial charge in [0.05, 0.1) is 27.9 Å². The summed E-state index contributed by atoms with van der Waals surface area (Å²) in [6.07, 6.45) is 0. The Bertz CT molecular complexity index is 3510. The Morgan fingerprint density at radius 3 is 1.71 bits per heavy atom. The number of hydrogen-bond acceptors (Lipinski definition) is 4. The van der Waals surface area contributed by atoms with Gasteiger partial charge in [-0.2, -0.15) is 0 Å². The smallest absolute Gasteiger partial charge is 0.162 e. The fourth-order valence-electron chi connectivity index (χ4n) is 8.78. The molecule has 0 aliphatic rings. The summed E-state index contributed by atoms with van der Waals surface area (Å²) in [5, 5.41) is 7.87. The molecule has 5 heteroatoms. The molecule has 4 aromatic heterocycles. The molecular formula is C53H32N4O. The summed E-state index contributed by atoms with van der Waals surface area (Å²) in [6.45, 7) is 0. The Labute approximate surface area is 333 Å². The average molecular weight is 741 g/mol. The molecule has 0 amide bonds. The van der Waals surface area contributed by atoms with Crippen molar-refractivity contribution in [1.82, 2.24) is 19.5 Å². The van der Waals surface area contributed by atoms with Gasteiger partial charge in [0.2, 0.25) is 0 Å². The van der Waals surface area contributed by atoms with Crippen LogP contribution >= 0.6 is 0 Å². The van der Waals surface area contributed by atoms with E-state index >= 15 is 0 Å². The van der Waals surface area contributed by atoms with Crippen LogP contribution in [0.25, 0.3) is 116 Å². The molecular weight excluding hydrogens is 709 g/mol. The molecule has 5 nitrogen and oxygen atoms in total. The van der Waals surface area contributed by atoms with Crippen LogP contribution in [-0.2, 0) is 0 Å². The summed E-state index contributed by atoms with van der Waals surface area (Å²) in [4.78, 5) is 15.8. The highest BCUT2D eigenvalue weighted by atomic mass is 16.3. The Kier molecular flexibility index (Phi) is 7.16. The molecule has 4 heterocycles. The van der Waals surface area contributed by atoms with Crippen LogP contribution in [0.1, 0.15) is 0 Å². The Balaban J connectivity index is 1.03. The normalized spacial score (nSPS) is 11.8. The van der Waals surface area contributed by atoms with Crippen LogP contribution in [0.4, 0.5) is 0 Å². The van der Waals surface area contributed by atoms with E-state index in [1.807, 2.05) is 24.3 Å². The molecule has 0 N–H and O–H groups in total. The molecule has 12 rings (SSSR count). The lowest BCUT2D eigenvalue weighted by Crippen LogP contribution is -1.98. The Morgan fingerprint density at radius 2 is 0.966 bits per heavy atom. The van der Waals surface area contributed by atoms with Gasteiger partial charge >= 0.3 is 0 Å². The lowest BCUT2D eigenvalue weighted by Gasteiger charge is -2.14. The maximum Gasteiger partial charge on any atom is 0.162 e. The maximum absolute atomic E-state index is 6.63. The summed E-state index contributed by atoms with van der Waals surface area (Å²) < 4.78 is 8.96. The summed E-state index contributed by atoms with van der Waals surface area (Å²) in [5.41, 5.74) is 12.5. The van der Waals surface area contributed by atoms with Crippen LogP contribution in [-0.4, -0.2) is 19.5 Å². The molecule has 0 saturated carbocycles. The van der Waals surface area contributed by atoms with Gasteiger partial charge in [-0.3, -0.25) is 0 Å². The van der Waals surface area contributed by atoms with Crippen LogP contribution < -0.4 is 0 Å². The fraction of sp³-hybridized carbons (Fsp3) is 0. The lowest BCUT2D eigenvalue weighted by molar-refractivity contribution is 0.669. The van der Waals surface area contributed by atoms with E-state index in [2.05, 4.69) is 174 Å². The zero-order valence-corrected chi connectivity index (χ0v) is 31.2. The van der Waals surface area contributed by atoms with Crippen LogP contribution in [0, 0.1) is 0 Å². The van der Waals surface area contributed by atoms with Gasteiger partial charge < -0.3 is 8.98 Å². The van der Waals surface area contributed by atoms with Crippen molar-refractivity contribution >= 4 is 65.4 Å². The van der Waals surface area contributed by atoms with Crippen LogP contribution in [0.5, 0.6) is 0 Å². The van der Waals surface area contributed by atoms with Gasteiger partial charge in [-0.1, -0.05) is 140 Å². The number of furan rings is 1. The van der Waals surface area contributed by atoms with E-state index in [9.17, 15) is 0 Å². The summed E-state index contributed by atoms with van der Waals surface area (Å²) in [7, 11) is 0. The molecule has 0 aliphatic heterocycles. The van der Waals surface area contributed by atoms with Gasteiger partial charge in [0.25, 0.3) is 0 Å². The molecule has 0 aliphatic carbocycles. The molecule has 0 atom stereocenters. The van der Waals surface area contributed by atoms with Crippen molar-refractivity contribution in [2.24, 2.45) is 0 Å². The molecule has 0 unspecified atom stereocenters. The quantitative estimate of drug-likeness (QED) is 0.176. The van der Waals surface area contributed by atoms with Crippen LogP contribution in [0.3, 0.4) is 0 Å². The highest BCUT2D eigenvalue weighted by molar-refractivity contribution is 6.22. The van der Waals surface area contributed by atoms with Crippen molar-refractivity contribution in [3.63, 3.8) is 0 Å². The molecule has 0 fully saturated rings. The van der Waals surface area contributed by atoms with Gasteiger partial charge in [-0.15, -0.1) is 0 Å². The second kappa shape index (κ2) is 12.8. The number of fused-ring (bicyclic) bond motifs is 9. The number of pyridine rings is 1. The summed E-state index contributed by atoms with van der Waals surface area (Å²) in [6, 6.07) is 67.7. The minimum atomic E-state index is 0.665. The van der Waals surface area contributed by atoms with Crippen LogP contribution in [0.15, 0.2) is 199 Å². The topological polar surface area (TPSA) is 56.7 Å². The third-order valence-corrected chi connectivity index (χ3v) is 11.4. The molecule has 0 spiro atoms. The number of aromatic nitrogens is 4. The molecule has 0 saturated heterocycles. The molecule has 0 radical (unpaired) electrons. The first-order valence-corrected chi connectivity index (χ1v) is 19.5. The number of rotatable bonds is 5. The third-order valence-electron chi connectivity index (χ3n) is 11.4. The van der Waals surface area contributed by atoms with Crippen molar-refractivity contribution in [3.05, 3.63) is 194 Å². The molecule has 8 aromatic carbocycles. The minimum Gasteiger partial charge on any atom is -0.454 e. The monoisotopic (exact) mass is 740 g/mol. The molecule has 270 valence electrons. The highest BCUT2D eigenvalue weighted by Gasteiger charge is 2.21. The summed E-state index contributed by atoms with van der Waals surface area (Å²) >= 11 is 0. The second-order valence-corrected chi connectivity index (χ2v) is 14.7. The van der Waals surface area contributed by atoms with Gasteiger partial charge in [0.15, 0.2) is 11.4 Å². The highest BCUT2D eigenvalue weighted by Crippen LogP contribution is 2.43. The third kappa shape index (κ3) is 5.00. The predicted molar refractivity (Wildman–Crippen MR) is 238 cm³/mol. The second-order valence-electron chi connectivity index (χ2n) is 14.7. The van der Waals surface area contributed by atoms with E-state index in [0.29, 0.717) is 5.82 Å². The minimum absolute atomic E-state index is 0.665. The zero-order chi connectivity index (χ0) is 38.2. The first kappa shape index (κ1) is 32.4. The first-order valence-electron chi connectivity index (χ1n) is 19.5. The van der Waals surface area contributed by atoms with E-state index in [1.165, 1.54) is 21.8 Å². The maximum atomic E-state index is 6.63. The van der Waals surface area contributed by atoms with E-state index in [0.717, 1.165) is 88.6 Å². The first-order chi connectivity index (χ1) is 28.8. The molecule has 0 bridgehead atoms. The largest absolute Gasteiger partial charge is 0.454 e. The number of para-hydroxylation sites is 4. The number of nitrogens with zero attached hydrogens (tertiary/aromatic N) is 4. The molecule has 58 heavy (non-hydrogen) atoms. The van der Waals surface area contributed by atoms with Crippen molar-refractivity contribution in [1.29, 1.82) is 0 Å². The van der Waals surface area contributed by atoms with E-state index in [4.69, 9.17) is 19.4 Å². The standard InChI is InChI=1S/C53H32N4O/c1-2-14-33(15-3-1)45-32-46(56-53(55-45)34-26-28-35(29-27-34)57-47-23-11-7-18-39(47)40-19-8-12-24-48(40)57)38-30-31-41(37-17-5-4-16-36(37)38)51-52-50(42-20-6-10-22-44(42)54-51)43-21-9-13-25-49(43)58-52/h1-32H. The lowest BCUT2D eigenvalue weighted by atomic mass is 9.94. The van der Waals surface area contributed by atoms with E-state index in [-0.39, 0.29) is 0 Å². The van der Waals surface area contributed by atoms with E-state index in [1.54, 1.807) is 0 Å². The van der Waals surface area contributed by atoms with Crippen molar-refractivity contribution in [3.8, 4) is 50.8 Å². The van der Waals surface area contributed by atoms with Gasteiger partial charge in [0.1, 0.15) is 11.3 Å². The summed E-state index contributed by atoms with van der Waals surface area (Å²) in [5.74, 6) is 0.665. The predicted octanol–water partition coefficient (Wildman–Crippen LogP) is 13.8. The number of hydrogen-bond donors (Lipinski definition) is 0. The van der Waals surface area contributed by atoms with Gasteiger partial charge in [0, 0.05) is 54.9 Å². The van der Waals surface area contributed by atoms with Crippen LogP contribution in [0.2, 0.25) is 0 Å². The van der Waals surface area contributed by atoms with Gasteiger partial charge in [-0.25, -0.2) is 15.0 Å². The molecule has 12 aromatic rings. The fourth-order valence-corrected chi connectivity index (χ4v) is 8.78. The van der Waals surface area contributed by atoms with Crippen molar-refractivity contribution in [2.75, 3.05) is 0 Å². The average Bonchev–Trinajstić information content (AvgIpc) is 3.86.